The van der Waals surface area contributed by atoms with Crippen molar-refractivity contribution in [3.8, 4) is 0 Å². The molecule has 1 amide bonds. The van der Waals surface area contributed by atoms with Gasteiger partial charge in [-0.2, -0.15) is 0 Å². The Bertz CT molecular complexity index is 303. The first-order valence-corrected chi connectivity index (χ1v) is 6.60. The van der Waals surface area contributed by atoms with Crippen LogP contribution >= 0.6 is 0 Å². The molecule has 6 nitrogen and oxygen atoms in total. The quantitative estimate of drug-likeness (QED) is 0.504. The topological polar surface area (TPSA) is 81.7 Å². The van der Waals surface area contributed by atoms with E-state index in [1.54, 1.807) is 13.8 Å². The zero-order valence-electron chi connectivity index (χ0n) is 11.9. The highest BCUT2D eigenvalue weighted by Crippen LogP contribution is 2.06. The van der Waals surface area contributed by atoms with Gasteiger partial charge in [0.25, 0.3) is 0 Å². The van der Waals surface area contributed by atoms with Crippen LogP contribution in [0, 0.1) is 0 Å². The van der Waals surface area contributed by atoms with Crippen LogP contribution in [0.5, 0.6) is 0 Å². The molecule has 0 rings (SSSR count). The van der Waals surface area contributed by atoms with E-state index in [2.05, 4.69) is 5.32 Å². The Morgan fingerprint density at radius 2 is 1.68 bits per heavy atom. The fourth-order valence-electron chi connectivity index (χ4n) is 1.59. The van der Waals surface area contributed by atoms with Gasteiger partial charge in [-0.25, -0.2) is 4.79 Å². The summed E-state index contributed by atoms with van der Waals surface area (Å²) in [6.07, 6.45) is 2.04. The number of ether oxygens (including phenoxy) is 2. The van der Waals surface area contributed by atoms with E-state index in [9.17, 15) is 14.4 Å². The molecule has 0 aliphatic rings. The van der Waals surface area contributed by atoms with E-state index in [-0.39, 0.29) is 18.5 Å². The molecule has 0 saturated carbocycles. The summed E-state index contributed by atoms with van der Waals surface area (Å²) in [6.45, 7) is 5.47. The van der Waals surface area contributed by atoms with Crippen LogP contribution < -0.4 is 5.32 Å². The summed E-state index contributed by atoms with van der Waals surface area (Å²) in [5.74, 6) is -0.952. The number of esters is 2. The first-order chi connectivity index (χ1) is 9.01. The van der Waals surface area contributed by atoms with Crippen molar-refractivity contribution in [2.24, 2.45) is 0 Å². The van der Waals surface area contributed by atoms with E-state index in [0.29, 0.717) is 32.3 Å². The fraction of sp³-hybridized carbons (Fsp3) is 0.769. The number of carbonyl (C=O) groups excluding carboxylic acids is 3. The molecule has 0 aromatic carbocycles. The van der Waals surface area contributed by atoms with Crippen molar-refractivity contribution in [2.45, 2.75) is 52.5 Å². The molecule has 0 heterocycles. The molecule has 110 valence electrons. The van der Waals surface area contributed by atoms with E-state index in [0.717, 1.165) is 0 Å². The van der Waals surface area contributed by atoms with Crippen LogP contribution in [0.1, 0.15) is 46.5 Å². The monoisotopic (exact) mass is 273 g/mol. The lowest BCUT2D eigenvalue weighted by Gasteiger charge is -2.15. The summed E-state index contributed by atoms with van der Waals surface area (Å²) < 4.78 is 9.68. The largest absolute Gasteiger partial charge is 0.466 e. The molecule has 0 aliphatic heterocycles. The molecule has 0 spiro atoms. The first kappa shape index (κ1) is 17.4. The highest BCUT2D eigenvalue weighted by molar-refractivity contribution is 5.83. The van der Waals surface area contributed by atoms with Crippen LogP contribution in [0.3, 0.4) is 0 Å². The van der Waals surface area contributed by atoms with Crippen LogP contribution in [0.4, 0.5) is 0 Å². The van der Waals surface area contributed by atoms with Crippen LogP contribution in [-0.4, -0.2) is 37.1 Å². The first-order valence-electron chi connectivity index (χ1n) is 6.60. The summed E-state index contributed by atoms with van der Waals surface area (Å²) >= 11 is 0. The summed E-state index contributed by atoms with van der Waals surface area (Å²) in [6, 6.07) is -0.639. The Kier molecular flexibility index (Phi) is 9.48. The van der Waals surface area contributed by atoms with E-state index < -0.39 is 12.0 Å². The number of nitrogens with one attached hydrogen (secondary N) is 1. The van der Waals surface area contributed by atoms with Crippen LogP contribution in [-0.2, 0) is 23.9 Å². The van der Waals surface area contributed by atoms with Crippen LogP contribution in [0.15, 0.2) is 0 Å². The predicted octanol–water partition coefficient (Wildman–Crippen LogP) is 1.18. The minimum absolute atomic E-state index is 0.241. The van der Waals surface area contributed by atoms with Gasteiger partial charge in [0.2, 0.25) is 5.91 Å². The molecule has 1 atom stereocenters. The minimum Gasteiger partial charge on any atom is -0.466 e. The molecule has 0 bridgehead atoms. The predicted molar refractivity (Wildman–Crippen MR) is 69.3 cm³/mol. The molecule has 19 heavy (non-hydrogen) atoms. The molecule has 1 N–H and O–H groups in total. The Labute approximate surface area is 113 Å². The van der Waals surface area contributed by atoms with Crippen LogP contribution in [0.2, 0.25) is 0 Å². The van der Waals surface area contributed by atoms with Gasteiger partial charge in [0, 0.05) is 13.3 Å². The minimum atomic E-state index is -0.639. The maximum atomic E-state index is 11.6. The summed E-state index contributed by atoms with van der Waals surface area (Å²) in [5.41, 5.74) is 0. The summed E-state index contributed by atoms with van der Waals surface area (Å²) in [5, 5.41) is 2.55. The second-order valence-electron chi connectivity index (χ2n) is 4.06. The maximum absolute atomic E-state index is 11.6. The highest BCUT2D eigenvalue weighted by Gasteiger charge is 2.20. The van der Waals surface area contributed by atoms with Gasteiger partial charge in [-0.3, -0.25) is 9.59 Å². The summed E-state index contributed by atoms with van der Waals surface area (Å²) in [7, 11) is 0. The van der Waals surface area contributed by atoms with Gasteiger partial charge in [0.1, 0.15) is 6.04 Å². The van der Waals surface area contributed by atoms with Gasteiger partial charge < -0.3 is 14.8 Å². The van der Waals surface area contributed by atoms with Gasteiger partial charge in [-0.1, -0.05) is 6.42 Å². The molecule has 0 saturated heterocycles. The SMILES string of the molecule is CCOC(=O)CCCCC(NC(C)=O)C(=O)OCC. The number of amides is 1. The number of rotatable bonds is 9. The van der Waals surface area contributed by atoms with E-state index in [4.69, 9.17) is 9.47 Å². The van der Waals surface area contributed by atoms with Crippen molar-refractivity contribution in [1.29, 1.82) is 0 Å². The lowest BCUT2D eigenvalue weighted by molar-refractivity contribution is -0.147. The average molecular weight is 273 g/mol. The van der Waals surface area contributed by atoms with Gasteiger partial charge in [0.15, 0.2) is 0 Å². The van der Waals surface area contributed by atoms with Gasteiger partial charge in [-0.15, -0.1) is 0 Å². The molecule has 6 heteroatoms. The van der Waals surface area contributed by atoms with Crippen molar-refractivity contribution < 1.29 is 23.9 Å². The Hall–Kier alpha value is -1.59. The van der Waals surface area contributed by atoms with Crippen molar-refractivity contribution in [3.63, 3.8) is 0 Å². The van der Waals surface area contributed by atoms with Gasteiger partial charge >= 0.3 is 11.9 Å². The average Bonchev–Trinajstić information content (AvgIpc) is 2.33. The third-order valence-corrected chi connectivity index (χ3v) is 2.38. The number of unbranched alkanes of at least 4 members (excludes halogenated alkanes) is 1. The Morgan fingerprint density at radius 1 is 1.05 bits per heavy atom. The smallest absolute Gasteiger partial charge is 0.328 e. The van der Waals surface area contributed by atoms with Gasteiger partial charge in [-0.05, 0) is 26.7 Å². The van der Waals surface area contributed by atoms with E-state index in [1.165, 1.54) is 6.92 Å². The molecule has 0 aromatic heterocycles. The van der Waals surface area contributed by atoms with Crippen LogP contribution in [0.25, 0.3) is 0 Å². The summed E-state index contributed by atoms with van der Waals surface area (Å²) in [4.78, 5) is 33.7. The Morgan fingerprint density at radius 3 is 2.21 bits per heavy atom. The zero-order chi connectivity index (χ0) is 14.7. The highest BCUT2D eigenvalue weighted by atomic mass is 16.5. The molecule has 0 aliphatic carbocycles. The molecule has 0 radical (unpaired) electrons. The molecule has 1 unspecified atom stereocenters. The molecular formula is C13H23NO5. The zero-order valence-corrected chi connectivity index (χ0v) is 11.9. The van der Waals surface area contributed by atoms with Crippen molar-refractivity contribution in [2.75, 3.05) is 13.2 Å². The standard InChI is InChI=1S/C13H23NO5/c1-4-18-12(16)9-7-6-8-11(14-10(3)15)13(17)19-5-2/h11H,4-9H2,1-3H3,(H,14,15). The molecule has 0 aromatic rings. The number of carbonyl (C=O) groups is 3. The van der Waals surface area contributed by atoms with E-state index in [1.807, 2.05) is 0 Å². The van der Waals surface area contributed by atoms with Gasteiger partial charge in [0.05, 0.1) is 13.2 Å². The lowest BCUT2D eigenvalue weighted by Crippen LogP contribution is -2.40. The normalized spacial score (nSPS) is 11.5. The third-order valence-electron chi connectivity index (χ3n) is 2.38. The fourth-order valence-corrected chi connectivity index (χ4v) is 1.59. The second-order valence-corrected chi connectivity index (χ2v) is 4.06. The number of hydrogen-bond acceptors (Lipinski definition) is 5. The molecular weight excluding hydrogens is 250 g/mol. The van der Waals surface area contributed by atoms with E-state index >= 15 is 0 Å². The Balaban J connectivity index is 4.02. The van der Waals surface area contributed by atoms with Crippen molar-refractivity contribution in [1.82, 2.24) is 5.32 Å². The number of hydrogen-bond donors (Lipinski definition) is 1. The second kappa shape index (κ2) is 10.3. The van der Waals surface area contributed by atoms with Crippen molar-refractivity contribution in [3.05, 3.63) is 0 Å². The third kappa shape index (κ3) is 9.04. The molecule has 0 fully saturated rings. The lowest BCUT2D eigenvalue weighted by atomic mass is 10.1. The van der Waals surface area contributed by atoms with Crippen molar-refractivity contribution >= 4 is 17.8 Å². The maximum Gasteiger partial charge on any atom is 0.328 e.